The molecule has 0 aliphatic heterocycles. The van der Waals surface area contributed by atoms with E-state index in [2.05, 4.69) is 40.1 Å². The maximum absolute atomic E-state index is 12.0. The topological polar surface area (TPSA) is 42.0 Å². The molecular formula is C13H17BrN2O. The van der Waals surface area contributed by atoms with Gasteiger partial charge in [0.25, 0.3) is 5.91 Å². The lowest BCUT2D eigenvalue weighted by Gasteiger charge is -2.27. The summed E-state index contributed by atoms with van der Waals surface area (Å²) in [4.78, 5) is 16.1. The lowest BCUT2D eigenvalue weighted by molar-refractivity contribution is 0.0905. The molecule has 1 aromatic rings. The number of hydrogen-bond donors (Lipinski definition) is 1. The summed E-state index contributed by atoms with van der Waals surface area (Å²) in [5, 5.41) is 3.09. The number of nitrogens with one attached hydrogen (secondary N) is 1. The van der Waals surface area contributed by atoms with Gasteiger partial charge in [-0.05, 0) is 46.3 Å². The van der Waals surface area contributed by atoms with Crippen LogP contribution in [0.1, 0.15) is 43.6 Å². The summed E-state index contributed by atoms with van der Waals surface area (Å²) in [5.74, 6) is -0.0718. The van der Waals surface area contributed by atoms with E-state index in [1.807, 2.05) is 6.07 Å². The fraction of sp³-hybridized carbons (Fsp3) is 0.538. The molecule has 1 fully saturated rings. The van der Waals surface area contributed by atoms with E-state index in [1.165, 1.54) is 12.8 Å². The Bertz CT molecular complexity index is 414. The van der Waals surface area contributed by atoms with Crippen LogP contribution in [0.15, 0.2) is 22.8 Å². The molecule has 1 atom stereocenters. The van der Waals surface area contributed by atoms with Crippen LogP contribution in [0.25, 0.3) is 0 Å². The second-order valence-electron chi connectivity index (χ2n) is 5.27. The van der Waals surface area contributed by atoms with Crippen molar-refractivity contribution < 1.29 is 4.79 Å². The Kier molecular flexibility index (Phi) is 3.52. The van der Waals surface area contributed by atoms with Gasteiger partial charge in [-0.3, -0.25) is 4.79 Å². The molecular weight excluding hydrogens is 280 g/mol. The third-order valence-corrected chi connectivity index (χ3v) is 3.99. The van der Waals surface area contributed by atoms with Gasteiger partial charge in [0, 0.05) is 16.7 Å². The maximum atomic E-state index is 12.0. The second-order valence-corrected chi connectivity index (χ2v) is 6.18. The molecule has 1 aliphatic rings. The van der Waals surface area contributed by atoms with Gasteiger partial charge in [-0.25, -0.2) is 4.98 Å². The first-order chi connectivity index (χ1) is 7.99. The average molecular weight is 297 g/mol. The Morgan fingerprint density at radius 1 is 1.53 bits per heavy atom. The van der Waals surface area contributed by atoms with Gasteiger partial charge in [0.2, 0.25) is 0 Å². The SMILES string of the molecule is CC1(C)CCCC1NC(=O)c1ccc(Br)cn1. The summed E-state index contributed by atoms with van der Waals surface area (Å²) >= 11 is 3.31. The molecule has 0 spiro atoms. The van der Waals surface area contributed by atoms with Gasteiger partial charge < -0.3 is 5.32 Å². The fourth-order valence-electron chi connectivity index (χ4n) is 2.34. The Labute approximate surface area is 110 Å². The highest BCUT2D eigenvalue weighted by atomic mass is 79.9. The van der Waals surface area contributed by atoms with E-state index in [0.717, 1.165) is 10.9 Å². The highest BCUT2D eigenvalue weighted by molar-refractivity contribution is 9.10. The molecule has 1 amide bonds. The summed E-state index contributed by atoms with van der Waals surface area (Å²) in [6, 6.07) is 3.84. The number of nitrogens with zero attached hydrogens (tertiary/aromatic N) is 1. The Balaban J connectivity index is 2.04. The zero-order valence-electron chi connectivity index (χ0n) is 10.2. The minimum Gasteiger partial charge on any atom is -0.347 e. The van der Waals surface area contributed by atoms with Crippen LogP contribution < -0.4 is 5.32 Å². The second kappa shape index (κ2) is 4.77. The molecule has 1 N–H and O–H groups in total. The van der Waals surface area contributed by atoms with Crippen molar-refractivity contribution in [3.8, 4) is 0 Å². The van der Waals surface area contributed by atoms with Crippen molar-refractivity contribution in [1.29, 1.82) is 0 Å². The number of aromatic nitrogens is 1. The molecule has 2 rings (SSSR count). The van der Waals surface area contributed by atoms with E-state index in [9.17, 15) is 4.79 Å². The van der Waals surface area contributed by atoms with E-state index in [4.69, 9.17) is 0 Å². The molecule has 1 aliphatic carbocycles. The van der Waals surface area contributed by atoms with Crippen LogP contribution in [0.2, 0.25) is 0 Å². The van der Waals surface area contributed by atoms with Gasteiger partial charge in [0.05, 0.1) is 0 Å². The van der Waals surface area contributed by atoms with E-state index in [1.54, 1.807) is 12.3 Å². The van der Waals surface area contributed by atoms with Crippen molar-refractivity contribution in [2.75, 3.05) is 0 Å². The first-order valence-corrected chi connectivity index (χ1v) is 6.71. The minimum absolute atomic E-state index is 0.0718. The lowest BCUT2D eigenvalue weighted by atomic mass is 9.87. The van der Waals surface area contributed by atoms with Crippen LogP contribution in [0.3, 0.4) is 0 Å². The van der Waals surface area contributed by atoms with Gasteiger partial charge in [-0.1, -0.05) is 20.3 Å². The number of hydrogen-bond acceptors (Lipinski definition) is 2. The largest absolute Gasteiger partial charge is 0.347 e. The molecule has 0 saturated heterocycles. The van der Waals surface area contributed by atoms with Gasteiger partial charge >= 0.3 is 0 Å². The molecule has 1 unspecified atom stereocenters. The van der Waals surface area contributed by atoms with Crippen molar-refractivity contribution >= 4 is 21.8 Å². The maximum Gasteiger partial charge on any atom is 0.270 e. The number of carbonyl (C=O) groups is 1. The van der Waals surface area contributed by atoms with Crippen molar-refractivity contribution in [2.45, 2.75) is 39.2 Å². The smallest absolute Gasteiger partial charge is 0.270 e. The van der Waals surface area contributed by atoms with E-state index < -0.39 is 0 Å². The summed E-state index contributed by atoms with van der Waals surface area (Å²) in [7, 11) is 0. The van der Waals surface area contributed by atoms with E-state index in [0.29, 0.717) is 5.69 Å². The predicted molar refractivity (Wildman–Crippen MR) is 70.8 cm³/mol. The van der Waals surface area contributed by atoms with Crippen LogP contribution in [-0.2, 0) is 0 Å². The van der Waals surface area contributed by atoms with Crippen molar-refractivity contribution in [3.63, 3.8) is 0 Å². The molecule has 1 heterocycles. The average Bonchev–Trinajstić information content (AvgIpc) is 2.59. The Hall–Kier alpha value is -0.900. The van der Waals surface area contributed by atoms with Gasteiger partial charge in [-0.15, -0.1) is 0 Å². The van der Waals surface area contributed by atoms with Crippen molar-refractivity contribution in [3.05, 3.63) is 28.5 Å². The first kappa shape index (κ1) is 12.6. The molecule has 0 radical (unpaired) electrons. The van der Waals surface area contributed by atoms with Crippen LogP contribution in [-0.4, -0.2) is 16.9 Å². The minimum atomic E-state index is -0.0718. The summed E-state index contributed by atoms with van der Waals surface area (Å²) in [6.45, 7) is 4.42. The van der Waals surface area contributed by atoms with Gasteiger partial charge in [0.15, 0.2) is 0 Å². The third-order valence-electron chi connectivity index (χ3n) is 3.52. The van der Waals surface area contributed by atoms with E-state index in [-0.39, 0.29) is 17.4 Å². The van der Waals surface area contributed by atoms with E-state index >= 15 is 0 Å². The Morgan fingerprint density at radius 3 is 2.82 bits per heavy atom. The highest BCUT2D eigenvalue weighted by Crippen LogP contribution is 2.37. The van der Waals surface area contributed by atoms with Crippen LogP contribution in [0.5, 0.6) is 0 Å². The summed E-state index contributed by atoms with van der Waals surface area (Å²) in [6.07, 6.45) is 5.07. The molecule has 0 aromatic carbocycles. The molecule has 17 heavy (non-hydrogen) atoms. The molecule has 0 bridgehead atoms. The quantitative estimate of drug-likeness (QED) is 0.911. The monoisotopic (exact) mass is 296 g/mol. The number of carbonyl (C=O) groups excluding carboxylic acids is 1. The van der Waals surface area contributed by atoms with Crippen molar-refractivity contribution in [2.24, 2.45) is 5.41 Å². The molecule has 92 valence electrons. The Morgan fingerprint density at radius 2 is 2.29 bits per heavy atom. The zero-order valence-corrected chi connectivity index (χ0v) is 11.8. The fourth-order valence-corrected chi connectivity index (χ4v) is 2.57. The predicted octanol–water partition coefficient (Wildman–Crippen LogP) is 3.15. The lowest BCUT2D eigenvalue weighted by Crippen LogP contribution is -2.41. The van der Waals surface area contributed by atoms with Gasteiger partial charge in [-0.2, -0.15) is 0 Å². The van der Waals surface area contributed by atoms with Crippen LogP contribution >= 0.6 is 15.9 Å². The number of rotatable bonds is 2. The summed E-state index contributed by atoms with van der Waals surface area (Å²) in [5.41, 5.74) is 0.682. The number of amides is 1. The number of pyridine rings is 1. The zero-order chi connectivity index (χ0) is 12.5. The molecule has 1 saturated carbocycles. The highest BCUT2D eigenvalue weighted by Gasteiger charge is 2.35. The third kappa shape index (κ3) is 2.86. The number of halogens is 1. The van der Waals surface area contributed by atoms with Gasteiger partial charge in [0.1, 0.15) is 5.69 Å². The normalized spacial score (nSPS) is 22.4. The van der Waals surface area contributed by atoms with Crippen molar-refractivity contribution in [1.82, 2.24) is 10.3 Å². The van der Waals surface area contributed by atoms with Crippen LogP contribution in [0, 0.1) is 5.41 Å². The first-order valence-electron chi connectivity index (χ1n) is 5.91. The molecule has 4 heteroatoms. The van der Waals surface area contributed by atoms with Crippen LogP contribution in [0.4, 0.5) is 0 Å². The summed E-state index contributed by atoms with van der Waals surface area (Å²) < 4.78 is 0.884. The molecule has 1 aromatic heterocycles. The molecule has 3 nitrogen and oxygen atoms in total. The standard InChI is InChI=1S/C13H17BrN2O/c1-13(2)7-3-4-11(13)16-12(17)10-6-5-9(14)8-15-10/h5-6,8,11H,3-4,7H2,1-2H3,(H,16,17).